The Labute approximate surface area is 63.3 Å². The lowest BCUT2D eigenvalue weighted by Crippen LogP contribution is -2.14. The fraction of sp³-hybridized carbons (Fsp3) is 0.429. The zero-order chi connectivity index (χ0) is 8.27. The fourth-order valence-electron chi connectivity index (χ4n) is 0.774. The lowest BCUT2D eigenvalue weighted by atomic mass is 10.2. The van der Waals surface area contributed by atoms with Crippen LogP contribution in [-0.2, 0) is 13.1 Å². The van der Waals surface area contributed by atoms with Crippen LogP contribution in [-0.4, -0.2) is 10.2 Å². The van der Waals surface area contributed by atoms with Gasteiger partial charge in [-0.2, -0.15) is 5.10 Å². The molecule has 0 aliphatic rings. The molecule has 0 radical (unpaired) electrons. The summed E-state index contributed by atoms with van der Waals surface area (Å²) in [7, 11) is 0. The summed E-state index contributed by atoms with van der Waals surface area (Å²) in [5, 5.41) is 5.93. The van der Waals surface area contributed by atoms with Crippen LogP contribution < -0.4 is 5.56 Å². The summed E-state index contributed by atoms with van der Waals surface area (Å²) < 4.78 is 12.1. The van der Waals surface area contributed by atoms with Gasteiger partial charge in [-0.25, -0.2) is 9.49 Å². The Kier molecular flexibility index (Phi) is 2.36. The highest BCUT2D eigenvalue weighted by molar-refractivity contribution is 5.11. The quantitative estimate of drug-likeness (QED) is 0.688. The molecule has 0 aromatic carbocycles. The lowest BCUT2D eigenvalue weighted by Gasteiger charge is -1.95. The minimum Gasteiger partial charge on any atom is -0.268 e. The van der Waals surface area contributed by atoms with Gasteiger partial charge in [0, 0.05) is 0 Å². The highest BCUT2D eigenvalue weighted by Crippen LogP contribution is 1.96. The van der Waals surface area contributed by atoms with Crippen LogP contribution in [0.5, 0.6) is 0 Å². The first kappa shape index (κ1) is 7.91. The highest BCUT2D eigenvalue weighted by atomic mass is 19.1. The summed E-state index contributed by atoms with van der Waals surface area (Å²) in [6.07, 6.45) is 0.698. The third-order valence-electron chi connectivity index (χ3n) is 1.44. The van der Waals surface area contributed by atoms with Gasteiger partial charge < -0.3 is 0 Å². The maximum Gasteiger partial charge on any atom is 0.270 e. The number of aryl methyl sites for hydroxylation is 1. The van der Waals surface area contributed by atoms with Crippen molar-refractivity contribution in [1.29, 1.82) is 0 Å². The molecular weight excluding hydrogens is 147 g/mol. The van der Waals surface area contributed by atoms with E-state index in [2.05, 4.69) is 10.2 Å². The maximum absolute atomic E-state index is 12.1. The number of halogens is 1. The van der Waals surface area contributed by atoms with Crippen LogP contribution in [0, 0.1) is 0 Å². The summed E-state index contributed by atoms with van der Waals surface area (Å²) in [5.41, 5.74) is 0.416. The van der Waals surface area contributed by atoms with Crippen molar-refractivity contribution in [2.24, 2.45) is 0 Å². The molecule has 60 valence electrons. The summed E-state index contributed by atoms with van der Waals surface area (Å²) in [4.78, 5) is 10.8. The van der Waals surface area contributed by atoms with Crippen molar-refractivity contribution < 1.29 is 4.39 Å². The molecule has 0 aliphatic carbocycles. The van der Waals surface area contributed by atoms with E-state index in [4.69, 9.17) is 0 Å². The lowest BCUT2D eigenvalue weighted by molar-refractivity contribution is 0.480. The number of nitrogens with one attached hydrogen (secondary N) is 1. The molecule has 0 atom stereocenters. The van der Waals surface area contributed by atoms with Crippen molar-refractivity contribution in [3.63, 3.8) is 0 Å². The number of nitrogens with zero attached hydrogens (tertiary/aromatic N) is 1. The van der Waals surface area contributed by atoms with Gasteiger partial charge in [0.2, 0.25) is 0 Å². The van der Waals surface area contributed by atoms with Crippen LogP contribution in [0.1, 0.15) is 18.2 Å². The molecule has 4 heteroatoms. The molecular formula is C7H9FN2O. The van der Waals surface area contributed by atoms with Gasteiger partial charge in [-0.3, -0.25) is 4.79 Å². The van der Waals surface area contributed by atoms with Crippen molar-refractivity contribution in [2.75, 3.05) is 0 Å². The van der Waals surface area contributed by atoms with E-state index < -0.39 is 12.2 Å². The third-order valence-corrected chi connectivity index (χ3v) is 1.44. The monoisotopic (exact) mass is 156 g/mol. The van der Waals surface area contributed by atoms with E-state index in [0.717, 1.165) is 0 Å². The Bertz CT molecular complexity index is 295. The minimum atomic E-state index is -0.731. The van der Waals surface area contributed by atoms with Crippen LogP contribution in [0.15, 0.2) is 10.9 Å². The fourth-order valence-corrected chi connectivity index (χ4v) is 0.774. The second-order valence-electron chi connectivity index (χ2n) is 2.20. The minimum absolute atomic E-state index is 0.150. The molecule has 0 spiro atoms. The Morgan fingerprint density at radius 3 is 3.00 bits per heavy atom. The van der Waals surface area contributed by atoms with Crippen molar-refractivity contribution in [1.82, 2.24) is 10.2 Å². The maximum atomic E-state index is 12.1. The first-order chi connectivity index (χ1) is 5.27. The van der Waals surface area contributed by atoms with Gasteiger partial charge in [-0.15, -0.1) is 0 Å². The standard InChI is InChI=1S/C7H9FN2O/c1-2-6-3-5(4-8)7(11)10-9-6/h3H,2,4H2,1H3,(H,10,11). The van der Waals surface area contributed by atoms with Crippen LogP contribution in [0.25, 0.3) is 0 Å². The van der Waals surface area contributed by atoms with Crippen molar-refractivity contribution in [2.45, 2.75) is 20.0 Å². The summed E-state index contributed by atoms with van der Waals surface area (Å²) >= 11 is 0. The number of hydrogen-bond donors (Lipinski definition) is 1. The number of aromatic nitrogens is 2. The van der Waals surface area contributed by atoms with Gasteiger partial charge in [0.15, 0.2) is 0 Å². The molecule has 1 rings (SSSR count). The van der Waals surface area contributed by atoms with Crippen molar-refractivity contribution in [3.8, 4) is 0 Å². The molecule has 0 saturated heterocycles. The van der Waals surface area contributed by atoms with E-state index in [-0.39, 0.29) is 5.56 Å². The van der Waals surface area contributed by atoms with E-state index in [1.165, 1.54) is 6.07 Å². The van der Waals surface area contributed by atoms with Gasteiger partial charge >= 0.3 is 0 Å². The Morgan fingerprint density at radius 2 is 2.45 bits per heavy atom. The van der Waals surface area contributed by atoms with E-state index >= 15 is 0 Å². The molecule has 0 amide bonds. The molecule has 1 aromatic rings. The van der Waals surface area contributed by atoms with Gasteiger partial charge in [0.1, 0.15) is 6.67 Å². The van der Waals surface area contributed by atoms with Crippen LogP contribution in [0.2, 0.25) is 0 Å². The second-order valence-corrected chi connectivity index (χ2v) is 2.20. The number of H-pyrrole nitrogens is 1. The number of rotatable bonds is 2. The van der Waals surface area contributed by atoms with Crippen molar-refractivity contribution in [3.05, 3.63) is 27.7 Å². The molecule has 0 bridgehead atoms. The van der Waals surface area contributed by atoms with E-state index in [9.17, 15) is 9.18 Å². The predicted octanol–water partition coefficient (Wildman–Crippen LogP) is 0.802. The number of hydrogen-bond acceptors (Lipinski definition) is 2. The van der Waals surface area contributed by atoms with E-state index in [1.54, 1.807) is 0 Å². The van der Waals surface area contributed by atoms with Gasteiger partial charge in [-0.1, -0.05) is 6.92 Å². The molecule has 11 heavy (non-hydrogen) atoms. The second kappa shape index (κ2) is 3.27. The predicted molar refractivity (Wildman–Crippen MR) is 39.0 cm³/mol. The van der Waals surface area contributed by atoms with Gasteiger partial charge in [-0.05, 0) is 12.5 Å². The summed E-state index contributed by atoms with van der Waals surface area (Å²) in [6.45, 7) is 1.16. The Hall–Kier alpha value is -1.19. The molecule has 1 N–H and O–H groups in total. The summed E-state index contributed by atoms with van der Waals surface area (Å²) in [5.74, 6) is 0. The Balaban J connectivity index is 3.13. The average molecular weight is 156 g/mol. The SMILES string of the molecule is CCc1cc(CF)c(=O)[nH]n1. The van der Waals surface area contributed by atoms with Crippen LogP contribution >= 0.6 is 0 Å². The normalized spacial score (nSPS) is 10.0. The molecule has 1 aromatic heterocycles. The summed E-state index contributed by atoms with van der Waals surface area (Å²) in [6, 6.07) is 1.48. The molecule has 3 nitrogen and oxygen atoms in total. The number of aromatic amines is 1. The van der Waals surface area contributed by atoms with Crippen LogP contribution in [0.3, 0.4) is 0 Å². The van der Waals surface area contributed by atoms with Gasteiger partial charge in [0.25, 0.3) is 5.56 Å². The first-order valence-electron chi connectivity index (χ1n) is 3.41. The highest BCUT2D eigenvalue weighted by Gasteiger charge is 1.99. The smallest absolute Gasteiger partial charge is 0.268 e. The molecule has 0 aliphatic heterocycles. The number of alkyl halides is 1. The molecule has 0 unspecified atom stereocenters. The topological polar surface area (TPSA) is 45.8 Å². The van der Waals surface area contributed by atoms with Gasteiger partial charge in [0.05, 0.1) is 11.3 Å². The zero-order valence-electron chi connectivity index (χ0n) is 6.22. The third kappa shape index (κ3) is 1.63. The van der Waals surface area contributed by atoms with E-state index in [0.29, 0.717) is 12.1 Å². The molecule has 0 fully saturated rings. The average Bonchev–Trinajstić information content (AvgIpc) is 2.05. The zero-order valence-corrected chi connectivity index (χ0v) is 6.22. The first-order valence-corrected chi connectivity index (χ1v) is 3.41. The largest absolute Gasteiger partial charge is 0.270 e. The van der Waals surface area contributed by atoms with Crippen molar-refractivity contribution >= 4 is 0 Å². The van der Waals surface area contributed by atoms with Crippen LogP contribution in [0.4, 0.5) is 4.39 Å². The molecule has 1 heterocycles. The Morgan fingerprint density at radius 1 is 1.73 bits per heavy atom. The molecule has 0 saturated carbocycles. The van der Waals surface area contributed by atoms with E-state index in [1.807, 2.05) is 6.92 Å².